The molecule has 0 aliphatic heterocycles. The monoisotopic (exact) mass is 1150 g/mol. The normalized spacial score (nSPS) is 13.5. The van der Waals surface area contributed by atoms with Crippen LogP contribution >= 0.6 is 7.82 Å². The molecular formula is C68H125O11P. The fourth-order valence-electron chi connectivity index (χ4n) is 9.60. The van der Waals surface area contributed by atoms with Gasteiger partial charge in [0.15, 0.2) is 6.10 Å². The van der Waals surface area contributed by atoms with Gasteiger partial charge in [0.2, 0.25) is 0 Å². The Morgan fingerprint density at radius 1 is 0.350 bits per heavy atom. The van der Waals surface area contributed by atoms with Gasteiger partial charge >= 0.3 is 25.7 Å². The van der Waals surface area contributed by atoms with E-state index in [1.54, 1.807) is 0 Å². The van der Waals surface area contributed by atoms with E-state index in [1.807, 2.05) is 0 Å². The highest BCUT2D eigenvalue weighted by atomic mass is 31.2. The van der Waals surface area contributed by atoms with Gasteiger partial charge in [0, 0.05) is 19.3 Å². The highest BCUT2D eigenvalue weighted by Gasteiger charge is 2.28. The molecule has 0 bridgehead atoms. The SMILES string of the molecule is CCCCC/C=C\C/C=C\C/C=C\CCCCCCCCC(=O)OC(COC(=O)CCCCCCC/C=C\CCCCCCCC)COP(=O)(O)OCC(CO)OC(=O)CCCCCCCCCCCCCCCCCCCCC. The Balaban J connectivity index is 4.66. The molecule has 0 aliphatic rings. The number of allylic oxidation sites excluding steroid dienone is 8. The Hall–Kier alpha value is -2.56. The summed E-state index contributed by atoms with van der Waals surface area (Å²) >= 11 is 0. The van der Waals surface area contributed by atoms with E-state index in [1.165, 1.54) is 161 Å². The van der Waals surface area contributed by atoms with Gasteiger partial charge in [0.1, 0.15) is 12.7 Å². The lowest BCUT2D eigenvalue weighted by Crippen LogP contribution is -2.30. The van der Waals surface area contributed by atoms with Crippen molar-refractivity contribution in [1.82, 2.24) is 0 Å². The third-order valence-corrected chi connectivity index (χ3v) is 15.7. The molecule has 0 heterocycles. The number of aliphatic hydroxyl groups excluding tert-OH is 1. The molecule has 3 atom stereocenters. The van der Waals surface area contributed by atoms with Crippen LogP contribution in [0.1, 0.15) is 329 Å². The summed E-state index contributed by atoms with van der Waals surface area (Å²) in [5.74, 6) is -1.47. The molecule has 0 aliphatic carbocycles. The summed E-state index contributed by atoms with van der Waals surface area (Å²) in [6.07, 6.45) is 69.1. The van der Waals surface area contributed by atoms with Crippen LogP contribution < -0.4 is 0 Å². The van der Waals surface area contributed by atoms with E-state index in [4.69, 9.17) is 23.3 Å². The molecule has 0 aromatic rings. The predicted molar refractivity (Wildman–Crippen MR) is 335 cm³/mol. The molecule has 3 unspecified atom stereocenters. The van der Waals surface area contributed by atoms with Crippen molar-refractivity contribution in [3.05, 3.63) is 48.6 Å². The second-order valence-electron chi connectivity index (χ2n) is 22.6. The largest absolute Gasteiger partial charge is 0.472 e. The standard InChI is InChI=1S/C68H125O11P/c1-4-7-10-13-16-19-22-25-28-30-32-34-37-40-43-46-49-52-55-58-67(71)78-64(60-69)62-76-80(73,74)77-63-65(61-75-66(70)57-54-51-48-45-42-39-36-27-24-21-18-15-12-9-6-3)79-68(72)59-56-53-50-47-44-41-38-35-33-31-29-26-23-20-17-14-11-8-5-2/h17,20,26-27,29,33,35-36,64-65,69H,4-16,18-19,21-25,28,30-32,34,37-63H2,1-3H3,(H,73,74)/b20-17-,29-26-,35-33-,36-27-. The number of unbranched alkanes of at least 4 members (excludes halogenated alkanes) is 38. The number of phosphoric acid groups is 1. The van der Waals surface area contributed by atoms with Gasteiger partial charge in [-0.2, -0.15) is 0 Å². The number of phosphoric ester groups is 1. The maximum atomic E-state index is 13.0. The third-order valence-electron chi connectivity index (χ3n) is 14.7. The third kappa shape index (κ3) is 60.0. The van der Waals surface area contributed by atoms with Crippen LogP contribution in [0.2, 0.25) is 0 Å². The van der Waals surface area contributed by atoms with E-state index >= 15 is 0 Å². The van der Waals surface area contributed by atoms with Gasteiger partial charge in [0.05, 0.1) is 19.8 Å². The van der Waals surface area contributed by atoms with Crippen molar-refractivity contribution in [3.63, 3.8) is 0 Å². The molecule has 11 nitrogen and oxygen atoms in total. The number of carbonyl (C=O) groups is 3. The maximum Gasteiger partial charge on any atom is 0.472 e. The van der Waals surface area contributed by atoms with E-state index in [2.05, 4.69) is 69.4 Å². The van der Waals surface area contributed by atoms with Gasteiger partial charge in [-0.25, -0.2) is 4.57 Å². The zero-order valence-electron chi connectivity index (χ0n) is 52.1. The molecule has 80 heavy (non-hydrogen) atoms. The van der Waals surface area contributed by atoms with Gasteiger partial charge in [-0.3, -0.25) is 23.4 Å². The van der Waals surface area contributed by atoms with E-state index in [9.17, 15) is 28.9 Å². The molecule has 12 heteroatoms. The second-order valence-corrected chi connectivity index (χ2v) is 24.1. The van der Waals surface area contributed by atoms with Crippen LogP contribution in [-0.4, -0.2) is 66.5 Å². The molecule has 0 fully saturated rings. The van der Waals surface area contributed by atoms with Crippen molar-refractivity contribution in [1.29, 1.82) is 0 Å². The molecule has 0 radical (unpaired) electrons. The number of ether oxygens (including phenoxy) is 3. The summed E-state index contributed by atoms with van der Waals surface area (Å²) in [6, 6.07) is 0. The summed E-state index contributed by atoms with van der Waals surface area (Å²) in [4.78, 5) is 48.8. The highest BCUT2D eigenvalue weighted by Crippen LogP contribution is 2.43. The molecule has 0 saturated carbocycles. The molecule has 468 valence electrons. The van der Waals surface area contributed by atoms with Crippen LogP contribution in [0.25, 0.3) is 0 Å². The minimum atomic E-state index is -4.76. The first-order chi connectivity index (χ1) is 39.2. The smallest absolute Gasteiger partial charge is 0.462 e. The van der Waals surface area contributed by atoms with Gasteiger partial charge in [-0.1, -0.05) is 275 Å². The highest BCUT2D eigenvalue weighted by molar-refractivity contribution is 7.47. The fraction of sp³-hybridized carbons (Fsp3) is 0.838. The number of hydrogen-bond acceptors (Lipinski definition) is 10. The van der Waals surface area contributed by atoms with Crippen LogP contribution in [0, 0.1) is 0 Å². The van der Waals surface area contributed by atoms with Crippen molar-refractivity contribution in [2.45, 2.75) is 341 Å². The lowest BCUT2D eigenvalue weighted by atomic mass is 10.0. The quantitative estimate of drug-likeness (QED) is 0.0197. The summed E-state index contributed by atoms with van der Waals surface area (Å²) in [7, 11) is -4.76. The van der Waals surface area contributed by atoms with Crippen LogP contribution in [0.5, 0.6) is 0 Å². The Morgan fingerprint density at radius 2 is 0.613 bits per heavy atom. The van der Waals surface area contributed by atoms with E-state index in [0.29, 0.717) is 19.3 Å². The van der Waals surface area contributed by atoms with E-state index in [0.717, 1.165) is 109 Å². The second kappa shape index (κ2) is 62.5. The maximum absolute atomic E-state index is 13.0. The topological polar surface area (TPSA) is 155 Å². The lowest BCUT2D eigenvalue weighted by Gasteiger charge is -2.21. The molecule has 0 aromatic heterocycles. The van der Waals surface area contributed by atoms with Crippen LogP contribution in [0.4, 0.5) is 0 Å². The Labute approximate surface area is 492 Å². The summed E-state index contributed by atoms with van der Waals surface area (Å²) in [6.45, 7) is 4.66. The fourth-order valence-corrected chi connectivity index (χ4v) is 10.4. The number of rotatable bonds is 63. The van der Waals surface area contributed by atoms with Gasteiger partial charge in [-0.15, -0.1) is 0 Å². The van der Waals surface area contributed by atoms with Crippen molar-refractivity contribution < 1.29 is 52.2 Å². The molecule has 0 aromatic carbocycles. The summed E-state index contributed by atoms with van der Waals surface area (Å²) in [5, 5.41) is 9.87. The van der Waals surface area contributed by atoms with Crippen LogP contribution in [0.3, 0.4) is 0 Å². The average Bonchev–Trinajstić information content (AvgIpc) is 3.45. The van der Waals surface area contributed by atoms with Crippen molar-refractivity contribution in [3.8, 4) is 0 Å². The van der Waals surface area contributed by atoms with Crippen molar-refractivity contribution >= 4 is 25.7 Å². The number of aliphatic hydroxyl groups is 1. The number of esters is 3. The molecular weight excluding hydrogens is 1020 g/mol. The average molecular weight is 1150 g/mol. The number of carbonyl (C=O) groups excluding carboxylic acids is 3. The van der Waals surface area contributed by atoms with Crippen molar-refractivity contribution in [2.75, 3.05) is 26.4 Å². The summed E-state index contributed by atoms with van der Waals surface area (Å²) in [5.41, 5.74) is 0. The lowest BCUT2D eigenvalue weighted by molar-refractivity contribution is -0.161. The first-order valence-electron chi connectivity index (χ1n) is 33.5. The Morgan fingerprint density at radius 3 is 0.975 bits per heavy atom. The van der Waals surface area contributed by atoms with Gasteiger partial charge in [-0.05, 0) is 83.5 Å². The molecule has 0 rings (SSSR count). The van der Waals surface area contributed by atoms with Crippen LogP contribution in [0.15, 0.2) is 48.6 Å². The predicted octanol–water partition coefficient (Wildman–Crippen LogP) is 20.5. The van der Waals surface area contributed by atoms with Crippen LogP contribution in [-0.2, 0) is 42.2 Å². The van der Waals surface area contributed by atoms with Gasteiger partial charge in [0.25, 0.3) is 0 Å². The molecule has 0 saturated heterocycles. The first-order valence-corrected chi connectivity index (χ1v) is 35.0. The van der Waals surface area contributed by atoms with E-state index < -0.39 is 57.8 Å². The molecule has 0 amide bonds. The van der Waals surface area contributed by atoms with E-state index in [-0.39, 0.29) is 25.9 Å². The number of hydrogen-bond donors (Lipinski definition) is 2. The Kier molecular flexibility index (Phi) is 60.5. The zero-order valence-corrected chi connectivity index (χ0v) is 53.0. The van der Waals surface area contributed by atoms with Crippen molar-refractivity contribution in [2.24, 2.45) is 0 Å². The van der Waals surface area contributed by atoms with Gasteiger partial charge < -0.3 is 24.2 Å². The molecule has 2 N–H and O–H groups in total. The molecule has 0 spiro atoms. The summed E-state index contributed by atoms with van der Waals surface area (Å²) < 4.78 is 39.7. The Bertz CT molecular complexity index is 1530. The zero-order chi connectivity index (χ0) is 58.3. The first kappa shape index (κ1) is 77.4. The minimum Gasteiger partial charge on any atom is -0.462 e. The minimum absolute atomic E-state index is 0.153.